The van der Waals surface area contributed by atoms with Gasteiger partial charge in [0.25, 0.3) is 0 Å². The lowest BCUT2D eigenvalue weighted by atomic mass is 10.1. The average Bonchev–Trinajstić information content (AvgIpc) is 2.99. The highest BCUT2D eigenvalue weighted by atomic mass is 15.2. The number of pyridine rings is 1. The van der Waals surface area contributed by atoms with E-state index in [-0.39, 0.29) is 0 Å². The summed E-state index contributed by atoms with van der Waals surface area (Å²) in [5.74, 6) is 0. The molecule has 1 atom stereocenters. The third-order valence-electron chi connectivity index (χ3n) is 4.66. The average molecular weight is 284 g/mol. The number of nitrogen functional groups attached to an aromatic ring is 1. The molecule has 21 heavy (non-hydrogen) atoms. The molecule has 1 saturated heterocycles. The zero-order chi connectivity index (χ0) is 14.8. The Labute approximate surface area is 126 Å². The van der Waals surface area contributed by atoms with Crippen LogP contribution in [0.1, 0.15) is 20.3 Å². The first-order valence-corrected chi connectivity index (χ1v) is 7.85. The van der Waals surface area contributed by atoms with Crippen molar-refractivity contribution >= 4 is 22.1 Å². The van der Waals surface area contributed by atoms with Gasteiger partial charge in [0.15, 0.2) is 0 Å². The largest absolute Gasteiger partial charge is 0.398 e. The summed E-state index contributed by atoms with van der Waals surface area (Å²) >= 11 is 0. The number of hydrogen-bond acceptors (Lipinski definition) is 4. The Bertz CT molecular complexity index is 621. The number of nitrogens with zero attached hydrogens (tertiary/aromatic N) is 3. The third-order valence-corrected chi connectivity index (χ3v) is 4.66. The van der Waals surface area contributed by atoms with E-state index in [1.54, 1.807) is 0 Å². The Balaban J connectivity index is 1.91. The van der Waals surface area contributed by atoms with Crippen molar-refractivity contribution in [3.05, 3.63) is 30.6 Å². The Morgan fingerprint density at radius 3 is 2.81 bits per heavy atom. The van der Waals surface area contributed by atoms with E-state index in [2.05, 4.69) is 34.7 Å². The van der Waals surface area contributed by atoms with Crippen LogP contribution in [0, 0.1) is 0 Å². The summed E-state index contributed by atoms with van der Waals surface area (Å²) in [5, 5.41) is 2.27. The molecule has 3 rings (SSSR count). The van der Waals surface area contributed by atoms with Gasteiger partial charge in [0.1, 0.15) is 0 Å². The Morgan fingerprint density at radius 2 is 2.05 bits per heavy atom. The van der Waals surface area contributed by atoms with E-state index in [1.807, 2.05) is 24.5 Å². The van der Waals surface area contributed by atoms with E-state index in [0.717, 1.165) is 42.6 Å². The van der Waals surface area contributed by atoms with Crippen LogP contribution in [-0.2, 0) is 0 Å². The van der Waals surface area contributed by atoms with Crippen LogP contribution in [0.2, 0.25) is 0 Å². The summed E-state index contributed by atoms with van der Waals surface area (Å²) in [6.07, 6.45) is 4.98. The van der Waals surface area contributed by atoms with Crippen molar-refractivity contribution in [1.29, 1.82) is 0 Å². The van der Waals surface area contributed by atoms with Crippen LogP contribution in [0.5, 0.6) is 0 Å². The van der Waals surface area contributed by atoms with E-state index in [9.17, 15) is 0 Å². The maximum absolute atomic E-state index is 6.09. The molecule has 0 bridgehead atoms. The minimum atomic E-state index is 0.657. The standard InChI is InChI=1S/C17H24N4/c1-3-20(4-2)13-8-10-21(12-13)17-6-5-16(18)14-7-9-19-11-15(14)17/h5-7,9,11,13H,3-4,8,10,12,18H2,1-2H3. The molecule has 112 valence electrons. The van der Waals surface area contributed by atoms with Crippen molar-refractivity contribution < 1.29 is 0 Å². The van der Waals surface area contributed by atoms with E-state index < -0.39 is 0 Å². The topological polar surface area (TPSA) is 45.4 Å². The van der Waals surface area contributed by atoms with Crippen LogP contribution in [0.3, 0.4) is 0 Å². The Morgan fingerprint density at radius 1 is 1.24 bits per heavy atom. The molecule has 2 N–H and O–H groups in total. The summed E-state index contributed by atoms with van der Waals surface area (Å²) in [6, 6.07) is 6.82. The molecule has 0 amide bonds. The number of likely N-dealkylation sites (N-methyl/N-ethyl adjacent to an activating group) is 1. The number of hydrogen-bond donors (Lipinski definition) is 1. The molecule has 1 aromatic heterocycles. The van der Waals surface area contributed by atoms with Gasteiger partial charge in [0.2, 0.25) is 0 Å². The Kier molecular flexibility index (Phi) is 3.97. The predicted molar refractivity (Wildman–Crippen MR) is 89.7 cm³/mol. The van der Waals surface area contributed by atoms with Crippen LogP contribution in [0.4, 0.5) is 11.4 Å². The third kappa shape index (κ3) is 2.56. The minimum absolute atomic E-state index is 0.657. The molecular formula is C17H24N4. The van der Waals surface area contributed by atoms with Gasteiger partial charge >= 0.3 is 0 Å². The second kappa shape index (κ2) is 5.90. The maximum Gasteiger partial charge on any atom is 0.0463 e. The summed E-state index contributed by atoms with van der Waals surface area (Å²) < 4.78 is 0. The van der Waals surface area contributed by atoms with Crippen LogP contribution in [0.15, 0.2) is 30.6 Å². The molecule has 4 nitrogen and oxygen atoms in total. The van der Waals surface area contributed by atoms with Crippen molar-refractivity contribution in [2.75, 3.05) is 36.8 Å². The first-order chi connectivity index (χ1) is 10.2. The number of anilines is 2. The lowest BCUT2D eigenvalue weighted by molar-refractivity contribution is 0.232. The number of aromatic nitrogens is 1. The van der Waals surface area contributed by atoms with Crippen molar-refractivity contribution in [2.24, 2.45) is 0 Å². The fourth-order valence-electron chi connectivity index (χ4n) is 3.47. The molecule has 1 aromatic carbocycles. The second-order valence-electron chi connectivity index (χ2n) is 5.70. The first kappa shape index (κ1) is 14.1. The summed E-state index contributed by atoms with van der Waals surface area (Å²) in [7, 11) is 0. The summed E-state index contributed by atoms with van der Waals surface area (Å²) in [5.41, 5.74) is 8.18. The zero-order valence-electron chi connectivity index (χ0n) is 12.9. The van der Waals surface area contributed by atoms with E-state index in [1.165, 1.54) is 12.1 Å². The van der Waals surface area contributed by atoms with Gasteiger partial charge in [-0.15, -0.1) is 0 Å². The molecule has 4 heteroatoms. The normalized spacial score (nSPS) is 18.8. The first-order valence-electron chi connectivity index (χ1n) is 7.85. The second-order valence-corrected chi connectivity index (χ2v) is 5.70. The molecule has 0 spiro atoms. The van der Waals surface area contributed by atoms with E-state index >= 15 is 0 Å². The molecule has 0 radical (unpaired) electrons. The van der Waals surface area contributed by atoms with Gasteiger partial charge in [-0.3, -0.25) is 9.88 Å². The van der Waals surface area contributed by atoms with Crippen molar-refractivity contribution in [3.63, 3.8) is 0 Å². The fraction of sp³-hybridized carbons (Fsp3) is 0.471. The molecule has 0 aliphatic carbocycles. The lowest BCUT2D eigenvalue weighted by Gasteiger charge is -2.27. The fourth-order valence-corrected chi connectivity index (χ4v) is 3.47. The molecule has 1 unspecified atom stereocenters. The molecule has 2 aromatic rings. The summed E-state index contributed by atoms with van der Waals surface area (Å²) in [4.78, 5) is 9.31. The van der Waals surface area contributed by atoms with Crippen molar-refractivity contribution in [2.45, 2.75) is 26.3 Å². The molecular weight excluding hydrogens is 260 g/mol. The molecule has 1 aliphatic rings. The molecule has 2 heterocycles. The van der Waals surface area contributed by atoms with Gasteiger partial charge in [-0.25, -0.2) is 0 Å². The van der Waals surface area contributed by atoms with Crippen LogP contribution in [0.25, 0.3) is 10.8 Å². The number of fused-ring (bicyclic) bond motifs is 1. The molecule has 1 aliphatic heterocycles. The smallest absolute Gasteiger partial charge is 0.0463 e. The Hall–Kier alpha value is -1.81. The van der Waals surface area contributed by atoms with E-state index in [4.69, 9.17) is 5.73 Å². The molecule has 1 fully saturated rings. The minimum Gasteiger partial charge on any atom is -0.398 e. The molecule has 0 saturated carbocycles. The van der Waals surface area contributed by atoms with Gasteiger partial charge in [0.05, 0.1) is 0 Å². The van der Waals surface area contributed by atoms with Gasteiger partial charge in [-0.05, 0) is 37.7 Å². The van der Waals surface area contributed by atoms with Crippen LogP contribution < -0.4 is 10.6 Å². The number of rotatable bonds is 4. The van der Waals surface area contributed by atoms with Crippen molar-refractivity contribution in [3.8, 4) is 0 Å². The number of benzene rings is 1. The number of nitrogens with two attached hydrogens (primary N) is 1. The highest BCUT2D eigenvalue weighted by Gasteiger charge is 2.27. The van der Waals surface area contributed by atoms with Crippen LogP contribution in [-0.4, -0.2) is 42.1 Å². The SMILES string of the molecule is CCN(CC)C1CCN(c2ccc(N)c3ccncc23)C1. The highest BCUT2D eigenvalue weighted by molar-refractivity contribution is 6.00. The summed E-state index contributed by atoms with van der Waals surface area (Å²) in [6.45, 7) is 8.94. The zero-order valence-corrected chi connectivity index (χ0v) is 12.9. The van der Waals surface area contributed by atoms with E-state index in [0.29, 0.717) is 6.04 Å². The maximum atomic E-state index is 6.09. The van der Waals surface area contributed by atoms with Gasteiger partial charge in [0, 0.05) is 53.7 Å². The quantitative estimate of drug-likeness (QED) is 0.877. The lowest BCUT2D eigenvalue weighted by Crippen LogP contribution is -2.37. The van der Waals surface area contributed by atoms with Gasteiger partial charge in [-0.2, -0.15) is 0 Å². The van der Waals surface area contributed by atoms with Crippen molar-refractivity contribution in [1.82, 2.24) is 9.88 Å². The van der Waals surface area contributed by atoms with Gasteiger partial charge in [-0.1, -0.05) is 13.8 Å². The highest BCUT2D eigenvalue weighted by Crippen LogP contribution is 2.32. The van der Waals surface area contributed by atoms with Crippen LogP contribution >= 0.6 is 0 Å². The monoisotopic (exact) mass is 284 g/mol. The van der Waals surface area contributed by atoms with Gasteiger partial charge < -0.3 is 10.6 Å². The predicted octanol–water partition coefficient (Wildman–Crippen LogP) is 2.74.